The van der Waals surface area contributed by atoms with Crippen LogP contribution in [0.1, 0.15) is 0 Å². The number of fused-ring (bicyclic) bond motifs is 2. The van der Waals surface area contributed by atoms with Crippen molar-refractivity contribution >= 4 is 23.1 Å². The summed E-state index contributed by atoms with van der Waals surface area (Å²) in [4.78, 5) is 2.52. The zero-order valence-electron chi connectivity index (χ0n) is 7.45. The molecule has 2 aromatic carbocycles. The Morgan fingerprint density at radius 1 is 1.00 bits per heavy atom. The number of para-hydroxylation sites is 1. The zero-order chi connectivity index (χ0) is 9.38. The molecule has 1 aliphatic heterocycles. The Hall–Kier alpha value is -1.41. The average molecular weight is 198 g/mol. The van der Waals surface area contributed by atoms with Gasteiger partial charge in [-0.25, -0.2) is 0 Å². The summed E-state index contributed by atoms with van der Waals surface area (Å²) in [6, 6.07) is 17.4. The molecule has 0 spiro atoms. The Balaban J connectivity index is 2.12. The standard InChI is InChI=1S/C12H8NS/c1-3-7-11-9(5-1)13-10-6-2-4-8-12(10)14-11/h1-3,5-8,13H. The number of hydrogen-bond acceptors (Lipinski definition) is 2. The SMILES string of the molecule is [c]1ccc2c(c1)Sc1ccccc1N2. The summed E-state index contributed by atoms with van der Waals surface area (Å²) >= 11 is 1.79. The van der Waals surface area contributed by atoms with Gasteiger partial charge >= 0.3 is 0 Å². The summed E-state index contributed by atoms with van der Waals surface area (Å²) in [5, 5.41) is 3.40. The lowest BCUT2D eigenvalue weighted by Crippen LogP contribution is -1.98. The molecule has 1 radical (unpaired) electrons. The van der Waals surface area contributed by atoms with Crippen molar-refractivity contribution in [3.05, 3.63) is 48.5 Å². The maximum atomic E-state index is 3.40. The van der Waals surface area contributed by atoms with E-state index in [0.29, 0.717) is 0 Å². The predicted octanol–water partition coefficient (Wildman–Crippen LogP) is 3.69. The number of rotatable bonds is 0. The number of nitrogens with one attached hydrogen (secondary N) is 1. The first-order valence-corrected chi connectivity index (χ1v) is 5.29. The quantitative estimate of drug-likeness (QED) is 0.591. The van der Waals surface area contributed by atoms with Crippen molar-refractivity contribution in [2.45, 2.75) is 9.79 Å². The zero-order valence-corrected chi connectivity index (χ0v) is 8.27. The lowest BCUT2D eigenvalue weighted by Gasteiger charge is -2.19. The van der Waals surface area contributed by atoms with Gasteiger partial charge in [0.25, 0.3) is 0 Å². The van der Waals surface area contributed by atoms with Crippen LogP contribution < -0.4 is 5.32 Å². The molecule has 2 aromatic rings. The molecule has 2 heteroatoms. The van der Waals surface area contributed by atoms with Crippen LogP contribution in [-0.4, -0.2) is 0 Å². The van der Waals surface area contributed by atoms with E-state index in [0.717, 1.165) is 0 Å². The molecule has 0 aliphatic carbocycles. The van der Waals surface area contributed by atoms with Gasteiger partial charge in [-0.05, 0) is 30.3 Å². The Morgan fingerprint density at radius 3 is 2.86 bits per heavy atom. The maximum Gasteiger partial charge on any atom is 0.0526 e. The van der Waals surface area contributed by atoms with E-state index >= 15 is 0 Å². The second kappa shape index (κ2) is 3.07. The molecule has 0 aromatic heterocycles. The Labute approximate surface area is 87.2 Å². The van der Waals surface area contributed by atoms with Gasteiger partial charge < -0.3 is 5.32 Å². The van der Waals surface area contributed by atoms with Gasteiger partial charge in [0.1, 0.15) is 0 Å². The lowest BCUT2D eigenvalue weighted by molar-refractivity contribution is 1.31. The minimum Gasteiger partial charge on any atom is -0.354 e. The number of hydrogen-bond donors (Lipinski definition) is 1. The molecule has 0 atom stereocenters. The highest BCUT2D eigenvalue weighted by atomic mass is 32.2. The molecule has 0 saturated carbocycles. The van der Waals surface area contributed by atoms with Crippen LogP contribution in [0.25, 0.3) is 0 Å². The highest BCUT2D eigenvalue weighted by molar-refractivity contribution is 7.99. The van der Waals surface area contributed by atoms with E-state index in [1.54, 1.807) is 11.8 Å². The number of anilines is 2. The second-order valence-electron chi connectivity index (χ2n) is 3.15. The monoisotopic (exact) mass is 198 g/mol. The fraction of sp³-hybridized carbons (Fsp3) is 0. The first kappa shape index (κ1) is 7.94. The van der Waals surface area contributed by atoms with Crippen LogP contribution in [0.3, 0.4) is 0 Å². The normalized spacial score (nSPS) is 12.6. The molecule has 1 N–H and O–H groups in total. The van der Waals surface area contributed by atoms with Crippen molar-refractivity contribution in [1.82, 2.24) is 0 Å². The van der Waals surface area contributed by atoms with Crippen LogP contribution in [0, 0.1) is 6.07 Å². The molecular formula is C12H8NS. The van der Waals surface area contributed by atoms with Gasteiger partial charge in [0.05, 0.1) is 11.4 Å². The van der Waals surface area contributed by atoms with E-state index < -0.39 is 0 Å². The summed E-state index contributed by atoms with van der Waals surface area (Å²) in [6.45, 7) is 0. The third kappa shape index (κ3) is 1.19. The molecule has 0 bridgehead atoms. The number of benzene rings is 2. The third-order valence-electron chi connectivity index (χ3n) is 2.20. The van der Waals surface area contributed by atoms with Gasteiger partial charge in [-0.3, -0.25) is 0 Å². The summed E-state index contributed by atoms with van der Waals surface area (Å²) in [6.07, 6.45) is 0. The fourth-order valence-corrected chi connectivity index (χ4v) is 2.49. The van der Waals surface area contributed by atoms with Gasteiger partial charge in [-0.15, -0.1) is 0 Å². The average Bonchev–Trinajstić information content (AvgIpc) is 2.26. The van der Waals surface area contributed by atoms with E-state index in [9.17, 15) is 0 Å². The Morgan fingerprint density at radius 2 is 1.86 bits per heavy atom. The maximum absolute atomic E-state index is 3.40. The van der Waals surface area contributed by atoms with E-state index in [2.05, 4.69) is 35.6 Å². The highest BCUT2D eigenvalue weighted by Gasteiger charge is 2.13. The molecule has 3 rings (SSSR count). The van der Waals surface area contributed by atoms with Crippen LogP contribution >= 0.6 is 11.8 Å². The van der Waals surface area contributed by atoms with E-state index in [4.69, 9.17) is 0 Å². The van der Waals surface area contributed by atoms with Crippen molar-refractivity contribution in [2.24, 2.45) is 0 Å². The summed E-state index contributed by atoms with van der Waals surface area (Å²) in [7, 11) is 0. The summed E-state index contributed by atoms with van der Waals surface area (Å²) in [5.74, 6) is 0. The van der Waals surface area contributed by atoms with Crippen molar-refractivity contribution in [1.29, 1.82) is 0 Å². The summed E-state index contributed by atoms with van der Waals surface area (Å²) in [5.41, 5.74) is 2.36. The molecule has 1 heterocycles. The minimum absolute atomic E-state index is 1.17. The van der Waals surface area contributed by atoms with Gasteiger partial charge in [-0.2, -0.15) is 0 Å². The van der Waals surface area contributed by atoms with Gasteiger partial charge in [0.2, 0.25) is 0 Å². The molecule has 0 unspecified atom stereocenters. The van der Waals surface area contributed by atoms with E-state index in [-0.39, 0.29) is 0 Å². The van der Waals surface area contributed by atoms with Gasteiger partial charge in [-0.1, -0.05) is 30.0 Å². The second-order valence-corrected chi connectivity index (χ2v) is 4.23. The fourth-order valence-electron chi connectivity index (χ4n) is 1.53. The first-order valence-electron chi connectivity index (χ1n) is 4.47. The molecule has 67 valence electrons. The van der Waals surface area contributed by atoms with Crippen LogP contribution in [-0.2, 0) is 0 Å². The van der Waals surface area contributed by atoms with Gasteiger partial charge in [0.15, 0.2) is 0 Å². The molecule has 0 amide bonds. The Bertz CT molecular complexity index is 392. The van der Waals surface area contributed by atoms with Crippen LogP contribution in [0.4, 0.5) is 11.4 Å². The molecule has 1 nitrogen and oxygen atoms in total. The minimum atomic E-state index is 1.17. The topological polar surface area (TPSA) is 12.0 Å². The lowest BCUT2D eigenvalue weighted by atomic mass is 10.2. The smallest absolute Gasteiger partial charge is 0.0526 e. The first-order chi connectivity index (χ1) is 6.93. The molecular weight excluding hydrogens is 190 g/mol. The van der Waals surface area contributed by atoms with E-state index in [1.165, 1.54) is 21.2 Å². The Kier molecular flexibility index (Phi) is 1.74. The van der Waals surface area contributed by atoms with E-state index in [1.807, 2.05) is 18.2 Å². The van der Waals surface area contributed by atoms with Crippen LogP contribution in [0.15, 0.2) is 52.3 Å². The van der Waals surface area contributed by atoms with Crippen LogP contribution in [0.2, 0.25) is 0 Å². The third-order valence-corrected chi connectivity index (χ3v) is 3.34. The highest BCUT2D eigenvalue weighted by Crippen LogP contribution is 2.43. The predicted molar refractivity (Wildman–Crippen MR) is 59.1 cm³/mol. The van der Waals surface area contributed by atoms with Crippen molar-refractivity contribution in [2.75, 3.05) is 5.32 Å². The molecule has 1 aliphatic rings. The molecule has 0 fully saturated rings. The largest absolute Gasteiger partial charge is 0.354 e. The van der Waals surface area contributed by atoms with Gasteiger partial charge in [0, 0.05) is 9.79 Å². The van der Waals surface area contributed by atoms with Crippen molar-refractivity contribution < 1.29 is 0 Å². The van der Waals surface area contributed by atoms with Crippen LogP contribution in [0.5, 0.6) is 0 Å². The molecule has 14 heavy (non-hydrogen) atoms. The summed E-state index contributed by atoms with van der Waals surface area (Å²) < 4.78 is 0. The van der Waals surface area contributed by atoms with Crippen molar-refractivity contribution in [3.8, 4) is 0 Å². The van der Waals surface area contributed by atoms with Crippen molar-refractivity contribution in [3.63, 3.8) is 0 Å². The molecule has 0 saturated heterocycles.